The Balaban J connectivity index is 1.50. The number of H-pyrrole nitrogens is 1. The number of anilines is 2. The smallest absolute Gasteiger partial charge is 0.319 e. The molecule has 122 valence electrons. The van der Waals surface area contributed by atoms with Gasteiger partial charge in [0.25, 0.3) is 0 Å². The van der Waals surface area contributed by atoms with E-state index in [1.54, 1.807) is 18.6 Å². The average Bonchev–Trinajstić information content (AvgIpc) is 3.06. The summed E-state index contributed by atoms with van der Waals surface area (Å²) in [5.74, 6) is 0.937. The number of aromatic nitrogens is 3. The lowest BCUT2D eigenvalue weighted by Crippen LogP contribution is -2.41. The molecule has 2 aromatic rings. The van der Waals surface area contributed by atoms with Gasteiger partial charge in [0.05, 0.1) is 24.6 Å². The van der Waals surface area contributed by atoms with E-state index in [1.165, 1.54) is 0 Å². The summed E-state index contributed by atoms with van der Waals surface area (Å²) in [5.41, 5.74) is 1.56. The van der Waals surface area contributed by atoms with Crippen molar-refractivity contribution in [2.45, 2.75) is 19.6 Å². The molecule has 2 aromatic heterocycles. The first-order valence-electron chi connectivity index (χ1n) is 7.56. The van der Waals surface area contributed by atoms with Crippen molar-refractivity contribution in [1.29, 1.82) is 0 Å². The van der Waals surface area contributed by atoms with E-state index in [0.29, 0.717) is 12.2 Å². The molecule has 0 aromatic carbocycles. The first kappa shape index (κ1) is 15.3. The van der Waals surface area contributed by atoms with Gasteiger partial charge < -0.3 is 20.3 Å². The van der Waals surface area contributed by atoms with Crippen LogP contribution in [0.2, 0.25) is 0 Å². The van der Waals surface area contributed by atoms with Gasteiger partial charge in [0.2, 0.25) is 0 Å². The first-order chi connectivity index (χ1) is 11.2. The lowest BCUT2D eigenvalue weighted by molar-refractivity contribution is 0.0529. The lowest BCUT2D eigenvalue weighted by atomic mass is 10.2. The van der Waals surface area contributed by atoms with Gasteiger partial charge in [-0.05, 0) is 18.6 Å². The molecule has 2 amide bonds. The van der Waals surface area contributed by atoms with Gasteiger partial charge >= 0.3 is 6.03 Å². The molecule has 3 heterocycles. The van der Waals surface area contributed by atoms with Crippen LogP contribution in [0.3, 0.4) is 0 Å². The Kier molecular flexibility index (Phi) is 4.72. The van der Waals surface area contributed by atoms with Gasteiger partial charge in [-0.3, -0.25) is 5.10 Å². The normalized spacial score (nSPS) is 17.8. The van der Waals surface area contributed by atoms with E-state index in [9.17, 15) is 4.79 Å². The van der Waals surface area contributed by atoms with Crippen LogP contribution in [0.5, 0.6) is 0 Å². The molecule has 3 rings (SSSR count). The second-order valence-electron chi connectivity index (χ2n) is 5.45. The quantitative estimate of drug-likeness (QED) is 0.791. The monoisotopic (exact) mass is 316 g/mol. The highest BCUT2D eigenvalue weighted by Gasteiger charge is 2.17. The van der Waals surface area contributed by atoms with Crippen LogP contribution in [-0.2, 0) is 11.3 Å². The third-order valence-corrected chi connectivity index (χ3v) is 3.58. The van der Waals surface area contributed by atoms with Crippen LogP contribution in [-0.4, -0.2) is 47.0 Å². The fourth-order valence-electron chi connectivity index (χ4n) is 2.41. The predicted octanol–water partition coefficient (Wildman–Crippen LogP) is 1.35. The number of ether oxygens (including phenoxy) is 1. The second-order valence-corrected chi connectivity index (χ2v) is 5.45. The highest BCUT2D eigenvalue weighted by atomic mass is 16.5. The topological polar surface area (TPSA) is 95.2 Å². The maximum absolute atomic E-state index is 11.7. The van der Waals surface area contributed by atoms with Gasteiger partial charge in [-0.2, -0.15) is 5.10 Å². The van der Waals surface area contributed by atoms with Gasteiger partial charge in [0, 0.05) is 32.0 Å². The molecule has 1 aliphatic heterocycles. The predicted molar refractivity (Wildman–Crippen MR) is 86.3 cm³/mol. The van der Waals surface area contributed by atoms with Crippen molar-refractivity contribution in [2.24, 2.45) is 0 Å². The molecule has 0 aliphatic carbocycles. The maximum Gasteiger partial charge on any atom is 0.319 e. The fourth-order valence-corrected chi connectivity index (χ4v) is 2.41. The Morgan fingerprint density at radius 1 is 1.48 bits per heavy atom. The number of carbonyl (C=O) groups is 1. The van der Waals surface area contributed by atoms with Crippen LogP contribution >= 0.6 is 0 Å². The van der Waals surface area contributed by atoms with E-state index in [1.807, 2.05) is 12.1 Å². The van der Waals surface area contributed by atoms with Gasteiger partial charge in [-0.1, -0.05) is 6.07 Å². The van der Waals surface area contributed by atoms with Crippen molar-refractivity contribution < 1.29 is 9.53 Å². The molecular weight excluding hydrogens is 296 g/mol. The number of morpholine rings is 1. The van der Waals surface area contributed by atoms with Crippen LogP contribution in [0.1, 0.15) is 12.5 Å². The van der Waals surface area contributed by atoms with E-state index < -0.39 is 0 Å². The molecule has 0 saturated carbocycles. The summed E-state index contributed by atoms with van der Waals surface area (Å²) in [6.07, 6.45) is 5.16. The zero-order chi connectivity index (χ0) is 16.1. The molecule has 0 spiro atoms. The summed E-state index contributed by atoms with van der Waals surface area (Å²) >= 11 is 0. The summed E-state index contributed by atoms with van der Waals surface area (Å²) in [5, 5.41) is 11.8. The van der Waals surface area contributed by atoms with Crippen molar-refractivity contribution in [1.82, 2.24) is 20.5 Å². The number of nitrogens with one attached hydrogen (secondary N) is 3. The number of aromatic amines is 1. The molecule has 0 bridgehead atoms. The minimum Gasteiger partial charge on any atom is -0.375 e. The highest BCUT2D eigenvalue weighted by Crippen LogP contribution is 2.15. The Morgan fingerprint density at radius 3 is 3.09 bits per heavy atom. The molecule has 1 saturated heterocycles. The molecule has 1 aliphatic rings. The number of pyridine rings is 1. The van der Waals surface area contributed by atoms with E-state index in [4.69, 9.17) is 4.74 Å². The standard InChI is InChI=1S/C15H20N6O2/c1-11-10-21(4-5-23-11)14-3-2-12(6-16-14)7-17-15(22)20-13-8-18-19-9-13/h2-3,6,8-9,11H,4-5,7,10H2,1H3,(H,18,19)(H2,17,20,22)/t11-/m0/s1. The van der Waals surface area contributed by atoms with Crippen LogP contribution in [0.4, 0.5) is 16.3 Å². The summed E-state index contributed by atoms with van der Waals surface area (Å²) in [6, 6.07) is 3.67. The van der Waals surface area contributed by atoms with Crippen molar-refractivity contribution in [3.05, 3.63) is 36.3 Å². The third-order valence-electron chi connectivity index (χ3n) is 3.58. The maximum atomic E-state index is 11.7. The minimum absolute atomic E-state index is 0.221. The Hall–Kier alpha value is -2.61. The van der Waals surface area contributed by atoms with Gasteiger partial charge in [-0.15, -0.1) is 0 Å². The van der Waals surface area contributed by atoms with Crippen molar-refractivity contribution in [3.63, 3.8) is 0 Å². The Bertz CT molecular complexity index is 628. The van der Waals surface area contributed by atoms with E-state index >= 15 is 0 Å². The number of nitrogens with zero attached hydrogens (tertiary/aromatic N) is 3. The molecule has 1 atom stereocenters. The first-order valence-corrected chi connectivity index (χ1v) is 7.56. The van der Waals surface area contributed by atoms with Gasteiger partial charge in [0.1, 0.15) is 5.82 Å². The summed E-state index contributed by atoms with van der Waals surface area (Å²) in [7, 11) is 0. The van der Waals surface area contributed by atoms with Crippen molar-refractivity contribution >= 4 is 17.5 Å². The van der Waals surface area contributed by atoms with Crippen molar-refractivity contribution in [3.8, 4) is 0 Å². The zero-order valence-corrected chi connectivity index (χ0v) is 13.0. The third kappa shape index (κ3) is 4.19. The number of carbonyl (C=O) groups excluding carboxylic acids is 1. The summed E-state index contributed by atoms with van der Waals surface area (Å²) < 4.78 is 5.53. The second kappa shape index (κ2) is 7.10. The average molecular weight is 316 g/mol. The number of hydrogen-bond donors (Lipinski definition) is 3. The lowest BCUT2D eigenvalue weighted by Gasteiger charge is -2.32. The summed E-state index contributed by atoms with van der Waals surface area (Å²) in [6.45, 7) is 4.89. The number of rotatable bonds is 4. The number of hydrogen-bond acceptors (Lipinski definition) is 5. The van der Waals surface area contributed by atoms with Gasteiger partial charge in [-0.25, -0.2) is 9.78 Å². The van der Waals surface area contributed by atoms with Crippen LogP contribution in [0, 0.1) is 0 Å². The molecule has 3 N–H and O–H groups in total. The van der Waals surface area contributed by atoms with Gasteiger partial charge in [0.15, 0.2) is 0 Å². The number of amides is 2. The highest BCUT2D eigenvalue weighted by molar-refractivity contribution is 5.88. The minimum atomic E-state index is -0.280. The Morgan fingerprint density at radius 2 is 2.39 bits per heavy atom. The van der Waals surface area contributed by atoms with Crippen LogP contribution in [0.25, 0.3) is 0 Å². The zero-order valence-electron chi connectivity index (χ0n) is 13.0. The molecule has 23 heavy (non-hydrogen) atoms. The largest absolute Gasteiger partial charge is 0.375 e. The summed E-state index contributed by atoms with van der Waals surface area (Å²) in [4.78, 5) is 18.4. The molecular formula is C15H20N6O2. The van der Waals surface area contributed by atoms with E-state index in [0.717, 1.165) is 31.1 Å². The Labute approximate surface area is 134 Å². The van der Waals surface area contributed by atoms with E-state index in [-0.39, 0.29) is 12.1 Å². The molecule has 8 nitrogen and oxygen atoms in total. The molecule has 0 unspecified atom stereocenters. The SMILES string of the molecule is C[C@H]1CN(c2ccc(CNC(=O)Nc3cn[nH]c3)cn2)CCO1. The molecule has 0 radical (unpaired) electrons. The molecule has 8 heteroatoms. The van der Waals surface area contributed by atoms with Crippen LogP contribution < -0.4 is 15.5 Å². The van der Waals surface area contributed by atoms with Crippen LogP contribution in [0.15, 0.2) is 30.7 Å². The fraction of sp³-hybridized carbons (Fsp3) is 0.400. The molecule has 1 fully saturated rings. The van der Waals surface area contributed by atoms with Crippen molar-refractivity contribution in [2.75, 3.05) is 29.9 Å². The number of urea groups is 1. The van der Waals surface area contributed by atoms with E-state index in [2.05, 4.69) is 37.6 Å².